The number of hydrogen-bond acceptors (Lipinski definition) is 2. The Morgan fingerprint density at radius 2 is 2.06 bits per heavy atom. The third-order valence-corrected chi connectivity index (χ3v) is 4.65. The first-order chi connectivity index (χ1) is 8.61. The van der Waals surface area contributed by atoms with Crippen molar-refractivity contribution in [2.45, 2.75) is 24.2 Å². The molecule has 0 amide bonds. The third-order valence-electron chi connectivity index (χ3n) is 3.81. The van der Waals surface area contributed by atoms with Gasteiger partial charge < -0.3 is 9.80 Å². The van der Waals surface area contributed by atoms with Gasteiger partial charge in [-0.2, -0.15) is 0 Å². The van der Waals surface area contributed by atoms with Gasteiger partial charge in [-0.15, -0.1) is 0 Å². The fraction of sp³-hybridized carbons (Fsp3) is 0.571. The maximum absolute atomic E-state index is 6.13. The number of benzene rings is 1. The molecule has 0 atom stereocenters. The van der Waals surface area contributed by atoms with E-state index < -0.39 is 0 Å². The number of halogens is 2. The minimum atomic E-state index is 0.623. The summed E-state index contributed by atoms with van der Waals surface area (Å²) in [7, 11) is 4.38. The molecule has 1 aliphatic heterocycles. The fourth-order valence-corrected chi connectivity index (χ4v) is 3.20. The monoisotopic (exact) mass is 330 g/mol. The van der Waals surface area contributed by atoms with Crippen molar-refractivity contribution in [3.63, 3.8) is 0 Å². The fourth-order valence-electron chi connectivity index (χ4n) is 2.56. The zero-order valence-electron chi connectivity index (χ0n) is 11.0. The van der Waals surface area contributed by atoms with E-state index in [1.165, 1.54) is 37.2 Å². The van der Waals surface area contributed by atoms with Gasteiger partial charge in [0.05, 0.1) is 0 Å². The molecule has 0 saturated carbocycles. The Hall–Kier alpha value is -0.250. The summed E-state index contributed by atoms with van der Waals surface area (Å²) >= 11 is 9.69. The van der Waals surface area contributed by atoms with E-state index in [0.29, 0.717) is 6.04 Å². The molecule has 1 aliphatic rings. The number of likely N-dealkylation sites (tertiary alicyclic amines) is 1. The number of alkyl halides is 1. The van der Waals surface area contributed by atoms with Gasteiger partial charge in [0.2, 0.25) is 0 Å². The number of anilines is 1. The summed E-state index contributed by atoms with van der Waals surface area (Å²) in [6, 6.07) is 6.77. The van der Waals surface area contributed by atoms with Crippen LogP contribution in [0.15, 0.2) is 18.2 Å². The van der Waals surface area contributed by atoms with Gasteiger partial charge in [-0.1, -0.05) is 33.6 Å². The van der Waals surface area contributed by atoms with Crippen LogP contribution in [0.5, 0.6) is 0 Å². The zero-order chi connectivity index (χ0) is 13.1. The van der Waals surface area contributed by atoms with Crippen LogP contribution in [0.1, 0.15) is 18.4 Å². The minimum Gasteiger partial charge on any atom is -0.371 e. The highest BCUT2D eigenvalue weighted by molar-refractivity contribution is 9.08. The van der Waals surface area contributed by atoms with Gasteiger partial charge in [0, 0.05) is 29.1 Å². The topological polar surface area (TPSA) is 6.48 Å². The third kappa shape index (κ3) is 3.19. The van der Waals surface area contributed by atoms with Crippen LogP contribution in [0, 0.1) is 0 Å². The molecule has 0 bridgehead atoms. The van der Waals surface area contributed by atoms with E-state index in [0.717, 1.165) is 10.4 Å². The number of piperidine rings is 1. The van der Waals surface area contributed by atoms with Crippen LogP contribution < -0.4 is 4.90 Å². The Bertz CT molecular complexity index is 403. The van der Waals surface area contributed by atoms with Crippen LogP contribution in [0.4, 0.5) is 5.69 Å². The minimum absolute atomic E-state index is 0.623. The maximum Gasteiger partial charge on any atom is 0.0426 e. The highest BCUT2D eigenvalue weighted by atomic mass is 79.9. The van der Waals surface area contributed by atoms with Crippen molar-refractivity contribution >= 4 is 33.2 Å². The Morgan fingerprint density at radius 3 is 2.67 bits per heavy atom. The van der Waals surface area contributed by atoms with Crippen LogP contribution in [-0.4, -0.2) is 38.1 Å². The predicted octanol–water partition coefficient (Wildman–Crippen LogP) is 3.77. The van der Waals surface area contributed by atoms with Gasteiger partial charge in [-0.3, -0.25) is 0 Å². The predicted molar refractivity (Wildman–Crippen MR) is 83.0 cm³/mol. The van der Waals surface area contributed by atoms with Crippen LogP contribution >= 0.6 is 27.5 Å². The van der Waals surface area contributed by atoms with Gasteiger partial charge in [-0.05, 0) is 50.7 Å². The Kier molecular flexibility index (Phi) is 4.93. The molecule has 0 N–H and O–H groups in total. The van der Waals surface area contributed by atoms with Gasteiger partial charge in [-0.25, -0.2) is 0 Å². The molecule has 100 valence electrons. The smallest absolute Gasteiger partial charge is 0.0426 e. The summed E-state index contributed by atoms with van der Waals surface area (Å²) in [6.07, 6.45) is 2.45. The quantitative estimate of drug-likeness (QED) is 0.778. The second-order valence-electron chi connectivity index (χ2n) is 5.05. The molecule has 0 aliphatic carbocycles. The average molecular weight is 332 g/mol. The van der Waals surface area contributed by atoms with Crippen molar-refractivity contribution in [1.29, 1.82) is 0 Å². The van der Waals surface area contributed by atoms with Gasteiger partial charge in [0.15, 0.2) is 0 Å². The van der Waals surface area contributed by atoms with Crippen molar-refractivity contribution in [1.82, 2.24) is 4.90 Å². The second-order valence-corrected chi connectivity index (χ2v) is 6.05. The summed E-state index contributed by atoms with van der Waals surface area (Å²) in [5, 5.41) is 1.69. The van der Waals surface area contributed by atoms with Crippen LogP contribution in [0.3, 0.4) is 0 Å². The lowest BCUT2D eigenvalue weighted by molar-refractivity contribution is 0.253. The summed E-state index contributed by atoms with van der Waals surface area (Å²) in [5.41, 5.74) is 2.56. The SMILES string of the molecule is CN1CCC(N(C)c2cc(Cl)ccc2CBr)CC1. The molecular formula is C14H20BrClN2. The molecule has 0 radical (unpaired) electrons. The molecule has 0 unspecified atom stereocenters. The first-order valence-corrected chi connectivity index (χ1v) is 7.87. The molecule has 2 nitrogen and oxygen atoms in total. The first-order valence-electron chi connectivity index (χ1n) is 6.37. The number of nitrogens with zero attached hydrogens (tertiary/aromatic N) is 2. The Morgan fingerprint density at radius 1 is 1.39 bits per heavy atom. The number of rotatable bonds is 3. The van der Waals surface area contributed by atoms with Crippen molar-refractivity contribution in [2.24, 2.45) is 0 Å². The molecule has 0 spiro atoms. The van der Waals surface area contributed by atoms with Crippen molar-refractivity contribution in [3.8, 4) is 0 Å². The molecule has 1 aromatic rings. The highest BCUT2D eigenvalue weighted by Gasteiger charge is 2.22. The highest BCUT2D eigenvalue weighted by Crippen LogP contribution is 2.29. The average Bonchev–Trinajstić information content (AvgIpc) is 2.39. The normalized spacial score (nSPS) is 18.0. The van der Waals surface area contributed by atoms with E-state index in [9.17, 15) is 0 Å². The van der Waals surface area contributed by atoms with Crippen molar-refractivity contribution in [2.75, 3.05) is 32.1 Å². The zero-order valence-corrected chi connectivity index (χ0v) is 13.3. The summed E-state index contributed by atoms with van der Waals surface area (Å²) < 4.78 is 0. The van der Waals surface area contributed by atoms with Crippen molar-refractivity contribution < 1.29 is 0 Å². The standard InChI is InChI=1S/C14H20BrClN2/c1-17-7-5-13(6-8-17)18(2)14-9-12(16)4-3-11(14)10-15/h3-4,9,13H,5-8,10H2,1-2H3. The lowest BCUT2D eigenvalue weighted by atomic mass is 10.0. The molecule has 1 heterocycles. The molecule has 0 aromatic heterocycles. The Labute approximate surface area is 123 Å². The molecule has 1 saturated heterocycles. The molecular weight excluding hydrogens is 312 g/mol. The number of hydrogen-bond donors (Lipinski definition) is 0. The molecule has 4 heteroatoms. The van der Waals surface area contributed by atoms with E-state index in [1.807, 2.05) is 6.07 Å². The summed E-state index contributed by atoms with van der Waals surface area (Å²) in [6.45, 7) is 2.36. The Balaban J connectivity index is 2.17. The van der Waals surface area contributed by atoms with E-state index in [1.54, 1.807) is 0 Å². The summed E-state index contributed by atoms with van der Waals surface area (Å²) in [4.78, 5) is 4.79. The van der Waals surface area contributed by atoms with E-state index >= 15 is 0 Å². The van der Waals surface area contributed by atoms with Gasteiger partial charge in [0.1, 0.15) is 0 Å². The molecule has 1 fully saturated rings. The molecule has 18 heavy (non-hydrogen) atoms. The molecule has 2 rings (SSSR count). The first kappa shape index (κ1) is 14.2. The largest absolute Gasteiger partial charge is 0.371 e. The lowest BCUT2D eigenvalue weighted by Gasteiger charge is -2.37. The van der Waals surface area contributed by atoms with Crippen molar-refractivity contribution in [3.05, 3.63) is 28.8 Å². The lowest BCUT2D eigenvalue weighted by Crippen LogP contribution is -2.42. The van der Waals surface area contributed by atoms with Crippen LogP contribution in [0.2, 0.25) is 5.02 Å². The van der Waals surface area contributed by atoms with E-state index in [2.05, 4.69) is 52.0 Å². The molecule has 1 aromatic carbocycles. The maximum atomic E-state index is 6.13. The van der Waals surface area contributed by atoms with Gasteiger partial charge in [0.25, 0.3) is 0 Å². The second kappa shape index (κ2) is 6.27. The van der Waals surface area contributed by atoms with E-state index in [-0.39, 0.29) is 0 Å². The summed E-state index contributed by atoms with van der Waals surface area (Å²) in [5.74, 6) is 0. The van der Waals surface area contributed by atoms with Crippen LogP contribution in [-0.2, 0) is 5.33 Å². The van der Waals surface area contributed by atoms with E-state index in [4.69, 9.17) is 11.6 Å². The van der Waals surface area contributed by atoms with Crippen LogP contribution in [0.25, 0.3) is 0 Å². The van der Waals surface area contributed by atoms with Gasteiger partial charge >= 0.3 is 0 Å².